The number of aromatic nitrogens is 2. The number of rotatable bonds is 4. The highest BCUT2D eigenvalue weighted by molar-refractivity contribution is 7.08. The predicted molar refractivity (Wildman–Crippen MR) is 76.2 cm³/mol. The van der Waals surface area contributed by atoms with E-state index in [9.17, 15) is 4.79 Å². The van der Waals surface area contributed by atoms with Gasteiger partial charge in [-0.25, -0.2) is 0 Å². The molecule has 1 heterocycles. The third-order valence-corrected chi connectivity index (χ3v) is 3.55. The van der Waals surface area contributed by atoms with Gasteiger partial charge in [0.25, 0.3) is 0 Å². The van der Waals surface area contributed by atoms with Gasteiger partial charge in [-0.05, 0) is 29.8 Å². The number of ketones is 1. The summed E-state index contributed by atoms with van der Waals surface area (Å²) < 4.78 is 3.94. The van der Waals surface area contributed by atoms with E-state index < -0.39 is 0 Å². The molecular weight excluding hydrogens is 244 g/mol. The summed E-state index contributed by atoms with van der Waals surface area (Å²) in [7, 11) is 0. The minimum atomic E-state index is -0.109. The van der Waals surface area contributed by atoms with Crippen LogP contribution in [0.25, 0.3) is 0 Å². The third kappa shape index (κ3) is 4.48. The van der Waals surface area contributed by atoms with Crippen LogP contribution >= 0.6 is 11.5 Å². The smallest absolute Gasteiger partial charge is 0.176 e. The molecule has 0 fully saturated rings. The van der Waals surface area contributed by atoms with E-state index in [2.05, 4.69) is 51.1 Å². The summed E-state index contributed by atoms with van der Waals surface area (Å²) >= 11 is 1.23. The van der Waals surface area contributed by atoms with Gasteiger partial charge in [0.05, 0.1) is 5.69 Å². The molecule has 0 atom stereocenters. The highest BCUT2D eigenvalue weighted by Crippen LogP contribution is 2.28. The van der Waals surface area contributed by atoms with Crippen molar-refractivity contribution in [3.8, 4) is 0 Å². The second kappa shape index (κ2) is 5.47. The van der Waals surface area contributed by atoms with Crippen LogP contribution in [0, 0.1) is 5.41 Å². The Hall–Kier alpha value is -0.770. The summed E-state index contributed by atoms with van der Waals surface area (Å²) in [6.45, 7) is 12.8. The minimum absolute atomic E-state index is 0.109. The molecular formula is C14H24N2OS. The second-order valence-electron chi connectivity index (χ2n) is 7.04. The van der Waals surface area contributed by atoms with E-state index in [1.165, 1.54) is 11.5 Å². The van der Waals surface area contributed by atoms with Crippen LogP contribution in [0.5, 0.6) is 0 Å². The minimum Gasteiger partial charge on any atom is -0.293 e. The zero-order chi connectivity index (χ0) is 14.0. The Bertz CT molecular complexity index is 410. The van der Waals surface area contributed by atoms with Gasteiger partial charge >= 0.3 is 0 Å². The first kappa shape index (κ1) is 15.3. The van der Waals surface area contributed by atoms with Crippen molar-refractivity contribution in [3.63, 3.8) is 0 Å². The summed E-state index contributed by atoms with van der Waals surface area (Å²) in [6, 6.07) is 0. The molecule has 102 valence electrons. The zero-order valence-electron chi connectivity index (χ0n) is 12.3. The van der Waals surface area contributed by atoms with Gasteiger partial charge in [0.2, 0.25) is 0 Å². The Kier molecular flexibility index (Phi) is 4.65. The third-order valence-electron chi connectivity index (χ3n) is 2.78. The Morgan fingerprint density at radius 3 is 2.28 bits per heavy atom. The van der Waals surface area contributed by atoms with Crippen LogP contribution in [-0.2, 0) is 5.41 Å². The summed E-state index contributed by atoms with van der Waals surface area (Å²) in [5.74, 6) is 0.194. The summed E-state index contributed by atoms with van der Waals surface area (Å²) in [5, 5.41) is 4.11. The number of nitrogens with zero attached hydrogens (tertiary/aromatic N) is 2. The number of hydrogen-bond donors (Lipinski definition) is 0. The van der Waals surface area contributed by atoms with E-state index in [4.69, 9.17) is 0 Å². The summed E-state index contributed by atoms with van der Waals surface area (Å²) in [5.41, 5.74) is 1.02. The van der Waals surface area contributed by atoms with Crippen molar-refractivity contribution < 1.29 is 4.79 Å². The second-order valence-corrected chi connectivity index (χ2v) is 7.79. The molecule has 0 saturated heterocycles. The van der Waals surface area contributed by atoms with Gasteiger partial charge in [0.15, 0.2) is 5.78 Å². The van der Waals surface area contributed by atoms with Crippen LogP contribution in [0.4, 0.5) is 0 Å². The van der Waals surface area contributed by atoms with Gasteiger partial charge < -0.3 is 0 Å². The van der Waals surface area contributed by atoms with Crippen LogP contribution in [0.2, 0.25) is 0 Å². The largest absolute Gasteiger partial charge is 0.293 e. The number of hydrogen-bond acceptors (Lipinski definition) is 4. The highest BCUT2D eigenvalue weighted by atomic mass is 32.1. The van der Waals surface area contributed by atoms with Crippen LogP contribution < -0.4 is 0 Å². The molecule has 1 rings (SSSR count). The molecule has 0 aliphatic rings. The lowest BCUT2D eigenvalue weighted by molar-refractivity contribution is 0.0977. The normalized spacial score (nSPS) is 12.8. The Morgan fingerprint density at radius 2 is 1.78 bits per heavy atom. The van der Waals surface area contributed by atoms with Crippen molar-refractivity contribution in [2.75, 3.05) is 0 Å². The van der Waals surface area contributed by atoms with Gasteiger partial charge in [-0.15, -0.1) is 5.10 Å². The van der Waals surface area contributed by atoms with E-state index in [0.717, 1.165) is 23.4 Å². The maximum Gasteiger partial charge on any atom is 0.176 e. The molecule has 1 aromatic heterocycles. The molecule has 0 unspecified atom stereocenters. The van der Waals surface area contributed by atoms with Crippen molar-refractivity contribution in [1.29, 1.82) is 0 Å². The van der Waals surface area contributed by atoms with E-state index >= 15 is 0 Å². The van der Waals surface area contributed by atoms with Gasteiger partial charge in [0, 0.05) is 11.8 Å². The van der Waals surface area contributed by atoms with E-state index in [-0.39, 0.29) is 11.2 Å². The summed E-state index contributed by atoms with van der Waals surface area (Å²) in [4.78, 5) is 12.9. The fraction of sp³-hybridized carbons (Fsp3) is 0.786. The van der Waals surface area contributed by atoms with E-state index in [1.54, 1.807) is 0 Å². The molecule has 0 aliphatic heterocycles. The molecule has 3 nitrogen and oxygen atoms in total. The zero-order valence-corrected chi connectivity index (χ0v) is 13.1. The maximum absolute atomic E-state index is 12.2. The van der Waals surface area contributed by atoms with Gasteiger partial charge in [0.1, 0.15) is 4.88 Å². The van der Waals surface area contributed by atoms with Crippen molar-refractivity contribution in [1.82, 2.24) is 9.59 Å². The average Bonchev–Trinajstić information content (AvgIpc) is 2.62. The molecule has 0 amide bonds. The van der Waals surface area contributed by atoms with Crippen molar-refractivity contribution in [3.05, 3.63) is 10.6 Å². The van der Waals surface area contributed by atoms with Crippen LogP contribution in [-0.4, -0.2) is 15.4 Å². The first-order chi connectivity index (χ1) is 8.11. The van der Waals surface area contributed by atoms with Crippen LogP contribution in [0.1, 0.15) is 76.2 Å². The Morgan fingerprint density at radius 1 is 1.17 bits per heavy atom. The molecule has 4 heteroatoms. The topological polar surface area (TPSA) is 42.9 Å². The fourth-order valence-electron chi connectivity index (χ4n) is 1.76. The number of carbonyl (C=O) groups excluding carboxylic acids is 1. The van der Waals surface area contributed by atoms with Crippen LogP contribution in [0.15, 0.2) is 0 Å². The SMILES string of the molecule is CC(C)(C)CCCC(=O)c1snnc1C(C)(C)C. The number of Topliss-reactive ketones (excluding diaryl/α,β-unsaturated/α-hetero) is 1. The Balaban J connectivity index is 2.66. The monoisotopic (exact) mass is 268 g/mol. The highest BCUT2D eigenvalue weighted by Gasteiger charge is 2.26. The maximum atomic E-state index is 12.2. The molecule has 0 radical (unpaired) electrons. The molecule has 0 aromatic carbocycles. The van der Waals surface area contributed by atoms with Crippen molar-refractivity contribution in [2.24, 2.45) is 5.41 Å². The molecule has 0 N–H and O–H groups in total. The molecule has 0 spiro atoms. The van der Waals surface area contributed by atoms with Crippen molar-refractivity contribution >= 4 is 17.3 Å². The molecule has 0 bridgehead atoms. The quantitative estimate of drug-likeness (QED) is 0.767. The lowest BCUT2D eigenvalue weighted by Crippen LogP contribution is -2.16. The molecule has 0 aliphatic carbocycles. The fourth-order valence-corrected chi connectivity index (χ4v) is 2.60. The average molecular weight is 268 g/mol. The molecule has 0 saturated carbocycles. The lowest BCUT2D eigenvalue weighted by atomic mass is 9.88. The van der Waals surface area contributed by atoms with Crippen molar-refractivity contribution in [2.45, 2.75) is 66.2 Å². The number of carbonyl (C=O) groups is 1. The standard InChI is InChI=1S/C14H24N2OS/c1-13(2,3)9-7-8-10(17)11-12(14(4,5)6)15-16-18-11/h7-9H2,1-6H3. The van der Waals surface area contributed by atoms with E-state index in [1.807, 2.05) is 0 Å². The first-order valence-corrected chi connectivity index (χ1v) is 7.24. The summed E-state index contributed by atoms with van der Waals surface area (Å²) in [6.07, 6.45) is 2.60. The predicted octanol–water partition coefficient (Wildman–Crippen LogP) is 4.23. The van der Waals surface area contributed by atoms with Crippen LogP contribution in [0.3, 0.4) is 0 Å². The van der Waals surface area contributed by atoms with Gasteiger partial charge in [-0.2, -0.15) is 0 Å². The van der Waals surface area contributed by atoms with Gasteiger partial charge in [-0.1, -0.05) is 46.0 Å². The first-order valence-electron chi connectivity index (χ1n) is 6.47. The lowest BCUT2D eigenvalue weighted by Gasteiger charge is -2.18. The molecule has 18 heavy (non-hydrogen) atoms. The Labute approximate surface area is 114 Å². The molecule has 1 aromatic rings. The van der Waals surface area contributed by atoms with E-state index in [0.29, 0.717) is 11.8 Å². The van der Waals surface area contributed by atoms with Gasteiger partial charge in [-0.3, -0.25) is 4.79 Å².